The Morgan fingerprint density at radius 3 is 2.43 bits per heavy atom. The minimum absolute atomic E-state index is 0.0912. The molecule has 0 aromatic heterocycles. The van der Waals surface area contributed by atoms with E-state index in [4.69, 9.17) is 16.7 Å². The average molecular weight is 332 g/mol. The number of nitrogens with one attached hydrogen (secondary N) is 1. The van der Waals surface area contributed by atoms with E-state index in [1.54, 1.807) is 12.1 Å². The number of benzene rings is 2. The summed E-state index contributed by atoms with van der Waals surface area (Å²) in [6, 6.07) is 14.5. The fraction of sp³-hybridized carbons (Fsp3) is 0.222. The Hall–Kier alpha value is -2.33. The van der Waals surface area contributed by atoms with Crippen LogP contribution in [-0.2, 0) is 9.59 Å². The summed E-state index contributed by atoms with van der Waals surface area (Å²) in [5, 5.41) is 12.4. The SMILES string of the molecule is Cc1ccc(NC(=O)C[C@@H](CC(=O)O)c2ccccc2)cc1Cl. The molecule has 2 rings (SSSR count). The molecule has 1 atom stereocenters. The van der Waals surface area contributed by atoms with E-state index >= 15 is 0 Å². The Balaban J connectivity index is 2.08. The van der Waals surface area contributed by atoms with Gasteiger partial charge in [0.05, 0.1) is 6.42 Å². The zero-order valence-corrected chi connectivity index (χ0v) is 13.5. The van der Waals surface area contributed by atoms with Crippen LogP contribution in [0.4, 0.5) is 5.69 Å². The molecule has 120 valence electrons. The molecule has 0 bridgehead atoms. The van der Waals surface area contributed by atoms with Gasteiger partial charge in [-0.3, -0.25) is 9.59 Å². The van der Waals surface area contributed by atoms with Gasteiger partial charge in [-0.05, 0) is 30.2 Å². The van der Waals surface area contributed by atoms with E-state index in [9.17, 15) is 9.59 Å². The van der Waals surface area contributed by atoms with Crippen molar-refractivity contribution in [3.8, 4) is 0 Å². The van der Waals surface area contributed by atoms with Crippen LogP contribution in [0.3, 0.4) is 0 Å². The molecule has 0 unspecified atom stereocenters. The standard InChI is InChI=1S/C18H18ClNO3/c1-12-7-8-15(11-16(12)19)20-17(21)9-14(10-18(22)23)13-5-3-2-4-6-13/h2-8,11,14H,9-10H2,1H3,(H,20,21)(H,22,23)/t14-/m0/s1. The maximum atomic E-state index is 12.2. The maximum Gasteiger partial charge on any atom is 0.303 e. The van der Waals surface area contributed by atoms with Crippen molar-refractivity contribution in [3.63, 3.8) is 0 Å². The van der Waals surface area contributed by atoms with Crippen LogP contribution >= 0.6 is 11.6 Å². The van der Waals surface area contributed by atoms with E-state index in [1.165, 1.54) is 0 Å². The normalized spacial score (nSPS) is 11.7. The van der Waals surface area contributed by atoms with Crippen LogP contribution in [0.2, 0.25) is 5.02 Å². The highest BCUT2D eigenvalue weighted by molar-refractivity contribution is 6.31. The van der Waals surface area contributed by atoms with Gasteiger partial charge in [0.25, 0.3) is 0 Å². The second-order valence-corrected chi connectivity index (χ2v) is 5.83. The summed E-state index contributed by atoms with van der Waals surface area (Å²) < 4.78 is 0. The van der Waals surface area contributed by atoms with Crippen molar-refractivity contribution in [1.29, 1.82) is 0 Å². The Labute approximate surface area is 140 Å². The van der Waals surface area contributed by atoms with E-state index in [-0.39, 0.29) is 24.7 Å². The number of carbonyl (C=O) groups excluding carboxylic acids is 1. The molecule has 4 nitrogen and oxygen atoms in total. The van der Waals surface area contributed by atoms with E-state index in [2.05, 4.69) is 5.32 Å². The van der Waals surface area contributed by atoms with Gasteiger partial charge in [-0.1, -0.05) is 48.0 Å². The maximum absolute atomic E-state index is 12.2. The molecule has 0 saturated heterocycles. The zero-order chi connectivity index (χ0) is 16.8. The lowest BCUT2D eigenvalue weighted by molar-refractivity contribution is -0.137. The van der Waals surface area contributed by atoms with Crippen molar-refractivity contribution < 1.29 is 14.7 Å². The Kier molecular flexibility index (Phi) is 5.77. The van der Waals surface area contributed by atoms with Crippen LogP contribution in [0.1, 0.15) is 29.9 Å². The average Bonchev–Trinajstić information content (AvgIpc) is 2.51. The van der Waals surface area contributed by atoms with E-state index < -0.39 is 5.97 Å². The number of amides is 1. The lowest BCUT2D eigenvalue weighted by Gasteiger charge is -2.15. The van der Waals surface area contributed by atoms with E-state index in [0.29, 0.717) is 10.7 Å². The highest BCUT2D eigenvalue weighted by atomic mass is 35.5. The van der Waals surface area contributed by atoms with Gasteiger partial charge < -0.3 is 10.4 Å². The second-order valence-electron chi connectivity index (χ2n) is 5.42. The number of aryl methyl sites for hydroxylation is 1. The molecule has 1 amide bonds. The number of hydrogen-bond donors (Lipinski definition) is 2. The molecular formula is C18H18ClNO3. The van der Waals surface area contributed by atoms with Crippen LogP contribution in [0, 0.1) is 6.92 Å². The van der Waals surface area contributed by atoms with E-state index in [0.717, 1.165) is 11.1 Å². The van der Waals surface area contributed by atoms with Gasteiger partial charge in [0.1, 0.15) is 0 Å². The highest BCUT2D eigenvalue weighted by Crippen LogP contribution is 2.25. The molecule has 0 aliphatic carbocycles. The van der Waals surface area contributed by atoms with Gasteiger partial charge in [0, 0.05) is 23.0 Å². The summed E-state index contributed by atoms with van der Waals surface area (Å²) in [7, 11) is 0. The molecule has 0 saturated carbocycles. The first-order valence-corrected chi connectivity index (χ1v) is 7.66. The lowest BCUT2D eigenvalue weighted by atomic mass is 9.92. The van der Waals surface area contributed by atoms with Crippen molar-refractivity contribution >= 4 is 29.2 Å². The summed E-state index contributed by atoms with van der Waals surface area (Å²) in [5.41, 5.74) is 2.37. The van der Waals surface area contributed by atoms with Gasteiger partial charge in [-0.2, -0.15) is 0 Å². The number of hydrogen-bond acceptors (Lipinski definition) is 2. The van der Waals surface area contributed by atoms with Crippen LogP contribution < -0.4 is 5.32 Å². The molecule has 0 radical (unpaired) electrons. The van der Waals surface area contributed by atoms with Crippen molar-refractivity contribution in [2.45, 2.75) is 25.7 Å². The number of anilines is 1. The monoisotopic (exact) mass is 331 g/mol. The van der Waals surface area contributed by atoms with Gasteiger partial charge in [0.15, 0.2) is 0 Å². The van der Waals surface area contributed by atoms with Crippen molar-refractivity contribution in [3.05, 3.63) is 64.7 Å². The minimum Gasteiger partial charge on any atom is -0.481 e. The number of aliphatic carboxylic acids is 1. The summed E-state index contributed by atoms with van der Waals surface area (Å²) >= 11 is 6.04. The predicted octanol–water partition coefficient (Wildman–Crippen LogP) is 4.24. The first-order valence-electron chi connectivity index (χ1n) is 7.28. The van der Waals surface area contributed by atoms with Crippen LogP contribution in [-0.4, -0.2) is 17.0 Å². The van der Waals surface area contributed by atoms with Crippen molar-refractivity contribution in [1.82, 2.24) is 0 Å². The molecule has 2 aromatic carbocycles. The molecular weight excluding hydrogens is 314 g/mol. The summed E-state index contributed by atoms with van der Waals surface area (Å²) in [4.78, 5) is 23.3. The fourth-order valence-corrected chi connectivity index (χ4v) is 2.53. The van der Waals surface area contributed by atoms with Gasteiger partial charge in [-0.25, -0.2) is 0 Å². The highest BCUT2D eigenvalue weighted by Gasteiger charge is 2.19. The Morgan fingerprint density at radius 2 is 1.83 bits per heavy atom. The van der Waals surface area contributed by atoms with Crippen molar-refractivity contribution in [2.75, 3.05) is 5.32 Å². The van der Waals surface area contributed by atoms with Gasteiger partial charge in [0.2, 0.25) is 5.91 Å². The third-order valence-corrected chi connectivity index (χ3v) is 3.99. The van der Waals surface area contributed by atoms with Gasteiger partial charge >= 0.3 is 5.97 Å². The van der Waals surface area contributed by atoms with Gasteiger partial charge in [-0.15, -0.1) is 0 Å². The summed E-state index contributed by atoms with van der Waals surface area (Å²) in [5.74, 6) is -1.53. The van der Waals surface area contributed by atoms with Crippen LogP contribution in [0.15, 0.2) is 48.5 Å². The number of carbonyl (C=O) groups is 2. The Bertz CT molecular complexity index is 701. The topological polar surface area (TPSA) is 66.4 Å². The molecule has 0 aliphatic rings. The number of carboxylic acid groups (broad SMARTS) is 1. The molecule has 0 spiro atoms. The summed E-state index contributed by atoms with van der Waals surface area (Å²) in [6.45, 7) is 1.88. The Morgan fingerprint density at radius 1 is 1.13 bits per heavy atom. The lowest BCUT2D eigenvalue weighted by Crippen LogP contribution is -2.17. The number of rotatable bonds is 6. The third kappa shape index (κ3) is 5.11. The molecule has 0 aliphatic heterocycles. The van der Waals surface area contributed by atoms with Crippen molar-refractivity contribution in [2.24, 2.45) is 0 Å². The summed E-state index contributed by atoms with van der Waals surface area (Å²) in [6.07, 6.45) is 0.00783. The molecule has 2 aromatic rings. The minimum atomic E-state index is -0.926. The predicted molar refractivity (Wildman–Crippen MR) is 90.9 cm³/mol. The van der Waals surface area contributed by atoms with E-state index in [1.807, 2.05) is 43.3 Å². The van der Waals surface area contributed by atoms with Crippen LogP contribution in [0.5, 0.6) is 0 Å². The first-order chi connectivity index (χ1) is 11.0. The fourth-order valence-electron chi connectivity index (χ4n) is 2.35. The molecule has 5 heteroatoms. The second kappa shape index (κ2) is 7.79. The molecule has 0 fully saturated rings. The number of halogens is 1. The smallest absolute Gasteiger partial charge is 0.303 e. The zero-order valence-electron chi connectivity index (χ0n) is 12.8. The molecule has 23 heavy (non-hydrogen) atoms. The first kappa shape index (κ1) is 17.0. The van der Waals surface area contributed by atoms with Crippen LogP contribution in [0.25, 0.3) is 0 Å². The largest absolute Gasteiger partial charge is 0.481 e. The molecule has 0 heterocycles. The third-order valence-electron chi connectivity index (χ3n) is 3.58. The quantitative estimate of drug-likeness (QED) is 0.832. The molecule has 2 N–H and O–H groups in total. The number of carboxylic acids is 1.